The summed E-state index contributed by atoms with van der Waals surface area (Å²) in [5.41, 5.74) is 1.72. The molecule has 0 unspecified atom stereocenters. The average molecular weight is 290 g/mol. The maximum absolute atomic E-state index is 12.0. The fraction of sp³-hybridized carbons (Fsp3) is 0.417. The predicted octanol–water partition coefficient (Wildman–Crippen LogP) is 2.13. The molecule has 0 aliphatic carbocycles. The fourth-order valence-corrected chi connectivity index (χ4v) is 3.04. The van der Waals surface area contributed by atoms with E-state index in [9.17, 15) is 13.2 Å². The molecular weight excluding hydrogens is 274 g/mol. The van der Waals surface area contributed by atoms with Crippen LogP contribution in [0.25, 0.3) is 0 Å². The van der Waals surface area contributed by atoms with Gasteiger partial charge >= 0.3 is 0 Å². The summed E-state index contributed by atoms with van der Waals surface area (Å²) in [6, 6.07) is 5.15. The molecule has 0 atom stereocenters. The smallest absolute Gasteiger partial charge is 0.240 e. The van der Waals surface area contributed by atoms with Crippen LogP contribution in [-0.4, -0.2) is 20.2 Å². The molecule has 0 saturated carbocycles. The van der Waals surface area contributed by atoms with Crippen LogP contribution in [0.4, 0.5) is 0 Å². The normalized spacial score (nSPS) is 11.5. The van der Waals surface area contributed by atoms with Crippen LogP contribution >= 0.6 is 11.6 Å². The first-order valence-corrected chi connectivity index (χ1v) is 7.44. The SMILES string of the molecule is Cc1ccc(S(=O)(=O)NCCCC(=O)Cl)c(C)c1. The average Bonchev–Trinajstić information content (AvgIpc) is 2.23. The molecule has 0 heterocycles. The first kappa shape index (κ1) is 15.1. The van der Waals surface area contributed by atoms with Crippen molar-refractivity contribution in [1.82, 2.24) is 4.72 Å². The third-order valence-electron chi connectivity index (χ3n) is 2.46. The van der Waals surface area contributed by atoms with Crippen LogP contribution in [0.1, 0.15) is 24.0 Å². The van der Waals surface area contributed by atoms with Crippen molar-refractivity contribution in [3.8, 4) is 0 Å². The van der Waals surface area contributed by atoms with Crippen molar-refractivity contribution in [2.45, 2.75) is 31.6 Å². The molecule has 0 saturated heterocycles. The van der Waals surface area contributed by atoms with Gasteiger partial charge in [-0.2, -0.15) is 0 Å². The van der Waals surface area contributed by atoms with Crippen LogP contribution in [0.15, 0.2) is 23.1 Å². The molecule has 0 aliphatic rings. The van der Waals surface area contributed by atoms with Gasteiger partial charge < -0.3 is 0 Å². The third-order valence-corrected chi connectivity index (χ3v) is 4.27. The van der Waals surface area contributed by atoms with Gasteiger partial charge in [0.1, 0.15) is 0 Å². The van der Waals surface area contributed by atoms with E-state index < -0.39 is 15.3 Å². The van der Waals surface area contributed by atoms with Crippen molar-refractivity contribution in [2.24, 2.45) is 0 Å². The number of aryl methyl sites for hydroxylation is 2. The molecular formula is C12H16ClNO3S. The van der Waals surface area contributed by atoms with E-state index in [0.717, 1.165) is 5.56 Å². The van der Waals surface area contributed by atoms with E-state index in [-0.39, 0.29) is 17.9 Å². The number of benzene rings is 1. The number of carbonyl (C=O) groups is 1. The Kier molecular flexibility index (Phi) is 5.31. The monoisotopic (exact) mass is 289 g/mol. The molecule has 1 aromatic carbocycles. The van der Waals surface area contributed by atoms with Gasteiger partial charge in [-0.15, -0.1) is 0 Å². The van der Waals surface area contributed by atoms with Gasteiger partial charge in [-0.1, -0.05) is 17.7 Å². The van der Waals surface area contributed by atoms with Gasteiger partial charge in [0.15, 0.2) is 0 Å². The predicted molar refractivity (Wildman–Crippen MR) is 71.2 cm³/mol. The van der Waals surface area contributed by atoms with Crippen LogP contribution in [0.3, 0.4) is 0 Å². The van der Waals surface area contributed by atoms with E-state index in [1.54, 1.807) is 19.1 Å². The topological polar surface area (TPSA) is 63.2 Å². The quantitative estimate of drug-likeness (QED) is 0.644. The van der Waals surface area contributed by atoms with E-state index in [1.807, 2.05) is 13.0 Å². The highest BCUT2D eigenvalue weighted by molar-refractivity contribution is 7.89. The minimum atomic E-state index is -3.51. The van der Waals surface area contributed by atoms with Gasteiger partial charge in [0, 0.05) is 13.0 Å². The Bertz CT molecular complexity index is 540. The van der Waals surface area contributed by atoms with E-state index >= 15 is 0 Å². The number of hydrogen-bond acceptors (Lipinski definition) is 3. The lowest BCUT2D eigenvalue weighted by molar-refractivity contribution is -0.111. The molecule has 1 rings (SSSR count). The van der Waals surface area contributed by atoms with Crippen molar-refractivity contribution in [3.05, 3.63) is 29.3 Å². The van der Waals surface area contributed by atoms with Gasteiger partial charge in [-0.25, -0.2) is 13.1 Å². The lowest BCUT2D eigenvalue weighted by atomic mass is 10.2. The van der Waals surface area contributed by atoms with Crippen molar-refractivity contribution in [3.63, 3.8) is 0 Å². The molecule has 0 fully saturated rings. The summed E-state index contributed by atoms with van der Waals surface area (Å²) in [5, 5.41) is -0.458. The summed E-state index contributed by atoms with van der Waals surface area (Å²) in [5.74, 6) is 0. The number of nitrogens with one attached hydrogen (secondary N) is 1. The minimum absolute atomic E-state index is 0.164. The maximum Gasteiger partial charge on any atom is 0.240 e. The number of halogens is 1. The second-order valence-electron chi connectivity index (χ2n) is 4.13. The first-order valence-electron chi connectivity index (χ1n) is 5.58. The molecule has 6 heteroatoms. The molecule has 0 spiro atoms. The van der Waals surface area contributed by atoms with Crippen molar-refractivity contribution in [2.75, 3.05) is 6.54 Å². The van der Waals surface area contributed by atoms with Crippen molar-refractivity contribution < 1.29 is 13.2 Å². The second-order valence-corrected chi connectivity index (χ2v) is 6.28. The van der Waals surface area contributed by atoms with Gasteiger partial charge in [-0.3, -0.25) is 4.79 Å². The Morgan fingerprint density at radius 2 is 2.00 bits per heavy atom. The van der Waals surface area contributed by atoms with Crippen LogP contribution in [0, 0.1) is 13.8 Å². The highest BCUT2D eigenvalue weighted by Gasteiger charge is 2.15. The van der Waals surface area contributed by atoms with Crippen LogP contribution in [0.5, 0.6) is 0 Å². The number of hydrogen-bond donors (Lipinski definition) is 1. The zero-order valence-corrected chi connectivity index (χ0v) is 11.9. The molecule has 4 nitrogen and oxygen atoms in total. The Hall–Kier alpha value is -0.910. The summed E-state index contributed by atoms with van der Waals surface area (Å²) in [6.07, 6.45) is 0.559. The Morgan fingerprint density at radius 3 is 2.56 bits per heavy atom. The van der Waals surface area contributed by atoms with Crippen molar-refractivity contribution in [1.29, 1.82) is 0 Å². The standard InChI is InChI=1S/C12H16ClNO3S/c1-9-5-6-11(10(2)8-9)18(16,17)14-7-3-4-12(13)15/h5-6,8,14H,3-4,7H2,1-2H3. The molecule has 0 aliphatic heterocycles. The highest BCUT2D eigenvalue weighted by Crippen LogP contribution is 2.16. The number of rotatable bonds is 6. The highest BCUT2D eigenvalue weighted by atomic mass is 35.5. The molecule has 0 radical (unpaired) electrons. The van der Waals surface area contributed by atoms with Crippen LogP contribution in [-0.2, 0) is 14.8 Å². The molecule has 0 amide bonds. The maximum atomic E-state index is 12.0. The lowest BCUT2D eigenvalue weighted by Crippen LogP contribution is -2.25. The van der Waals surface area contributed by atoms with E-state index in [2.05, 4.69) is 4.72 Å². The zero-order chi connectivity index (χ0) is 13.8. The van der Waals surface area contributed by atoms with Gasteiger partial charge in [0.05, 0.1) is 4.90 Å². The Balaban J connectivity index is 2.71. The Morgan fingerprint density at radius 1 is 1.33 bits per heavy atom. The fourth-order valence-electron chi connectivity index (χ4n) is 1.61. The summed E-state index contributed by atoms with van der Waals surface area (Å²) in [7, 11) is -3.51. The largest absolute Gasteiger partial charge is 0.281 e. The van der Waals surface area contributed by atoms with Crippen LogP contribution < -0.4 is 4.72 Å². The van der Waals surface area contributed by atoms with Crippen LogP contribution in [0.2, 0.25) is 0 Å². The van der Waals surface area contributed by atoms with E-state index in [1.165, 1.54) is 0 Å². The summed E-state index contributed by atoms with van der Waals surface area (Å²) in [4.78, 5) is 10.8. The summed E-state index contributed by atoms with van der Waals surface area (Å²) < 4.78 is 26.4. The molecule has 1 aromatic rings. The molecule has 18 heavy (non-hydrogen) atoms. The molecule has 0 bridgehead atoms. The summed E-state index contributed by atoms with van der Waals surface area (Å²) in [6.45, 7) is 3.86. The molecule has 0 aromatic heterocycles. The third kappa shape index (κ3) is 4.40. The van der Waals surface area contributed by atoms with E-state index in [0.29, 0.717) is 12.0 Å². The Labute approximate surface area is 112 Å². The minimum Gasteiger partial charge on any atom is -0.281 e. The number of carbonyl (C=O) groups excluding carboxylic acids is 1. The van der Waals surface area contributed by atoms with Gasteiger partial charge in [-0.05, 0) is 43.5 Å². The summed E-state index contributed by atoms with van der Waals surface area (Å²) >= 11 is 5.17. The zero-order valence-electron chi connectivity index (χ0n) is 10.4. The lowest BCUT2D eigenvalue weighted by Gasteiger charge is -2.09. The molecule has 100 valence electrons. The van der Waals surface area contributed by atoms with Gasteiger partial charge in [0.2, 0.25) is 15.3 Å². The first-order chi connectivity index (χ1) is 8.33. The second kappa shape index (κ2) is 6.31. The molecule has 1 N–H and O–H groups in total. The van der Waals surface area contributed by atoms with E-state index in [4.69, 9.17) is 11.6 Å². The number of sulfonamides is 1. The van der Waals surface area contributed by atoms with Gasteiger partial charge in [0.25, 0.3) is 0 Å². The van der Waals surface area contributed by atoms with Crippen molar-refractivity contribution >= 4 is 26.9 Å².